The van der Waals surface area contributed by atoms with Crippen LogP contribution in [0.2, 0.25) is 0 Å². The zero-order valence-corrected chi connectivity index (χ0v) is 8.03. The van der Waals surface area contributed by atoms with E-state index in [4.69, 9.17) is 10.5 Å². The molecule has 4 heteroatoms. The van der Waals surface area contributed by atoms with Crippen molar-refractivity contribution in [2.45, 2.75) is 6.10 Å². The molecule has 0 saturated carbocycles. The fourth-order valence-electron chi connectivity index (χ4n) is 1.51. The van der Waals surface area contributed by atoms with E-state index in [1.54, 1.807) is 13.2 Å². The van der Waals surface area contributed by atoms with Crippen LogP contribution in [0.1, 0.15) is 0 Å². The van der Waals surface area contributed by atoms with Gasteiger partial charge in [-0.25, -0.2) is 4.39 Å². The number of hydrogen-bond donors (Lipinski definition) is 1. The van der Waals surface area contributed by atoms with Crippen LogP contribution in [0, 0.1) is 5.82 Å². The molecular formula is C10H13FN2O. The third kappa shape index (κ3) is 1.53. The van der Waals surface area contributed by atoms with Crippen LogP contribution in [0.3, 0.4) is 0 Å². The Morgan fingerprint density at radius 1 is 1.50 bits per heavy atom. The third-order valence-electron chi connectivity index (χ3n) is 2.53. The summed E-state index contributed by atoms with van der Waals surface area (Å²) in [4.78, 5) is 2.05. The maximum Gasteiger partial charge on any atom is 0.148 e. The molecule has 0 aromatic heterocycles. The Morgan fingerprint density at radius 2 is 2.21 bits per heavy atom. The van der Waals surface area contributed by atoms with E-state index in [1.807, 2.05) is 6.07 Å². The molecule has 2 N–H and O–H groups in total. The second kappa shape index (κ2) is 3.46. The lowest BCUT2D eigenvalue weighted by molar-refractivity contribution is 0.0787. The lowest BCUT2D eigenvalue weighted by Gasteiger charge is -2.40. The Morgan fingerprint density at radius 3 is 2.79 bits per heavy atom. The average Bonchev–Trinajstić information content (AvgIpc) is 2.09. The summed E-state index contributed by atoms with van der Waals surface area (Å²) in [6.45, 7) is 1.64. The summed E-state index contributed by atoms with van der Waals surface area (Å²) < 4.78 is 18.2. The molecule has 76 valence electrons. The molecule has 1 aliphatic rings. The molecule has 14 heavy (non-hydrogen) atoms. The molecule has 1 heterocycles. The van der Waals surface area contributed by atoms with E-state index in [-0.39, 0.29) is 17.6 Å². The minimum absolute atomic E-state index is 0.192. The normalized spacial score (nSPS) is 16.9. The van der Waals surface area contributed by atoms with Crippen LogP contribution in [0.15, 0.2) is 18.2 Å². The number of anilines is 2. The summed E-state index contributed by atoms with van der Waals surface area (Å²) in [7, 11) is 1.69. The SMILES string of the molecule is COC1CN(c2ccc(N)c(F)c2)C1. The molecule has 1 aromatic carbocycles. The number of ether oxygens (including phenoxy) is 1. The molecule has 2 rings (SSSR count). The minimum Gasteiger partial charge on any atom is -0.396 e. The van der Waals surface area contributed by atoms with Crippen LogP contribution < -0.4 is 10.6 Å². The predicted octanol–water partition coefficient (Wildman–Crippen LogP) is 1.24. The maximum atomic E-state index is 13.1. The van der Waals surface area contributed by atoms with Gasteiger partial charge < -0.3 is 15.4 Å². The van der Waals surface area contributed by atoms with Crippen molar-refractivity contribution >= 4 is 11.4 Å². The highest BCUT2D eigenvalue weighted by Gasteiger charge is 2.26. The largest absolute Gasteiger partial charge is 0.396 e. The fourth-order valence-corrected chi connectivity index (χ4v) is 1.51. The van der Waals surface area contributed by atoms with Gasteiger partial charge in [0.1, 0.15) is 5.82 Å². The molecule has 0 amide bonds. The second-order valence-corrected chi connectivity index (χ2v) is 3.47. The molecule has 1 aromatic rings. The molecule has 0 bridgehead atoms. The molecule has 1 saturated heterocycles. The first-order valence-electron chi connectivity index (χ1n) is 4.53. The quantitative estimate of drug-likeness (QED) is 0.723. The fraction of sp³-hybridized carbons (Fsp3) is 0.400. The molecule has 3 nitrogen and oxygen atoms in total. The minimum atomic E-state index is -0.358. The van der Waals surface area contributed by atoms with Gasteiger partial charge in [-0.15, -0.1) is 0 Å². The smallest absolute Gasteiger partial charge is 0.148 e. The van der Waals surface area contributed by atoms with Gasteiger partial charge in [0.25, 0.3) is 0 Å². The second-order valence-electron chi connectivity index (χ2n) is 3.47. The zero-order valence-electron chi connectivity index (χ0n) is 8.03. The maximum absolute atomic E-state index is 13.1. The number of rotatable bonds is 2. The van der Waals surface area contributed by atoms with E-state index < -0.39 is 0 Å². The first-order valence-corrected chi connectivity index (χ1v) is 4.53. The van der Waals surface area contributed by atoms with Gasteiger partial charge in [0.2, 0.25) is 0 Å². The number of nitrogens with zero attached hydrogens (tertiary/aromatic N) is 1. The lowest BCUT2D eigenvalue weighted by atomic mass is 10.1. The van der Waals surface area contributed by atoms with Gasteiger partial charge in [-0.1, -0.05) is 0 Å². The van der Waals surface area contributed by atoms with Crippen molar-refractivity contribution in [3.8, 4) is 0 Å². The standard InChI is InChI=1S/C10H13FN2O/c1-14-8-5-13(6-8)7-2-3-10(12)9(11)4-7/h2-4,8H,5-6,12H2,1H3. The molecule has 0 aliphatic carbocycles. The van der Waals surface area contributed by atoms with Gasteiger partial charge in [0.15, 0.2) is 0 Å². The summed E-state index contributed by atoms with van der Waals surface area (Å²) in [5.41, 5.74) is 6.44. The van der Waals surface area contributed by atoms with Crippen LogP contribution in [0.25, 0.3) is 0 Å². The van der Waals surface area contributed by atoms with E-state index in [9.17, 15) is 4.39 Å². The van der Waals surface area contributed by atoms with Crippen LogP contribution in [0.5, 0.6) is 0 Å². The van der Waals surface area contributed by atoms with Gasteiger partial charge in [-0.3, -0.25) is 0 Å². The van der Waals surface area contributed by atoms with Gasteiger partial charge in [-0.05, 0) is 18.2 Å². The van der Waals surface area contributed by atoms with Crippen molar-refractivity contribution < 1.29 is 9.13 Å². The summed E-state index contributed by atoms with van der Waals surface area (Å²) in [6.07, 6.45) is 0.274. The van der Waals surface area contributed by atoms with Crippen LogP contribution in [0.4, 0.5) is 15.8 Å². The van der Waals surface area contributed by atoms with Crippen LogP contribution in [-0.2, 0) is 4.74 Å². The summed E-state index contributed by atoms with van der Waals surface area (Å²) >= 11 is 0. The van der Waals surface area contributed by atoms with Crippen molar-refractivity contribution in [3.63, 3.8) is 0 Å². The highest BCUT2D eigenvalue weighted by atomic mass is 19.1. The Bertz CT molecular complexity index is 337. The van der Waals surface area contributed by atoms with E-state index in [1.165, 1.54) is 6.07 Å². The Balaban J connectivity index is 2.08. The topological polar surface area (TPSA) is 38.5 Å². The molecule has 1 aliphatic heterocycles. The molecule has 1 fully saturated rings. The van der Waals surface area contributed by atoms with Crippen LogP contribution >= 0.6 is 0 Å². The molecular weight excluding hydrogens is 183 g/mol. The lowest BCUT2D eigenvalue weighted by Crippen LogP contribution is -2.51. The Kier molecular flexibility index (Phi) is 2.29. The van der Waals surface area contributed by atoms with Gasteiger partial charge in [-0.2, -0.15) is 0 Å². The Labute approximate surface area is 82.3 Å². The van der Waals surface area contributed by atoms with E-state index in [0.29, 0.717) is 0 Å². The van der Waals surface area contributed by atoms with Crippen molar-refractivity contribution in [1.29, 1.82) is 0 Å². The number of nitrogens with two attached hydrogens (primary N) is 1. The van der Waals surface area contributed by atoms with Gasteiger partial charge >= 0.3 is 0 Å². The predicted molar refractivity (Wildman–Crippen MR) is 53.8 cm³/mol. The van der Waals surface area contributed by atoms with Crippen molar-refractivity contribution in [3.05, 3.63) is 24.0 Å². The van der Waals surface area contributed by atoms with Crippen molar-refractivity contribution in [1.82, 2.24) is 0 Å². The highest BCUT2D eigenvalue weighted by Crippen LogP contribution is 2.24. The van der Waals surface area contributed by atoms with E-state index in [2.05, 4.69) is 4.90 Å². The monoisotopic (exact) mass is 196 g/mol. The van der Waals surface area contributed by atoms with Crippen molar-refractivity contribution in [2.75, 3.05) is 30.8 Å². The first kappa shape index (κ1) is 9.27. The third-order valence-corrected chi connectivity index (χ3v) is 2.53. The number of nitrogen functional groups attached to an aromatic ring is 1. The van der Waals surface area contributed by atoms with E-state index >= 15 is 0 Å². The van der Waals surface area contributed by atoms with Gasteiger partial charge in [0.05, 0.1) is 11.8 Å². The first-order chi connectivity index (χ1) is 6.70. The number of benzene rings is 1. The average molecular weight is 196 g/mol. The number of hydrogen-bond acceptors (Lipinski definition) is 3. The van der Waals surface area contributed by atoms with E-state index in [0.717, 1.165) is 18.8 Å². The number of halogens is 1. The highest BCUT2D eigenvalue weighted by molar-refractivity contribution is 5.55. The molecule has 0 atom stereocenters. The molecule has 0 spiro atoms. The number of methoxy groups -OCH3 is 1. The zero-order chi connectivity index (χ0) is 10.1. The van der Waals surface area contributed by atoms with Crippen LogP contribution in [-0.4, -0.2) is 26.3 Å². The summed E-state index contributed by atoms with van der Waals surface area (Å²) in [5.74, 6) is -0.358. The summed E-state index contributed by atoms with van der Waals surface area (Å²) in [5, 5.41) is 0. The molecule has 0 unspecified atom stereocenters. The summed E-state index contributed by atoms with van der Waals surface area (Å²) in [6, 6.07) is 4.87. The van der Waals surface area contributed by atoms with Crippen molar-refractivity contribution in [2.24, 2.45) is 0 Å². The Hall–Kier alpha value is -1.29. The molecule has 0 radical (unpaired) electrons. The van der Waals surface area contributed by atoms with Gasteiger partial charge in [0, 0.05) is 25.9 Å².